The summed E-state index contributed by atoms with van der Waals surface area (Å²) < 4.78 is 0. The predicted octanol–water partition coefficient (Wildman–Crippen LogP) is 2.44. The summed E-state index contributed by atoms with van der Waals surface area (Å²) >= 11 is 11.6. The number of alkyl halides is 1. The number of rotatable bonds is 4. The molecule has 1 rings (SSSR count). The number of halogens is 2. The van der Waals surface area contributed by atoms with E-state index in [-0.39, 0.29) is 16.2 Å². The third-order valence-corrected chi connectivity index (χ3v) is 2.45. The summed E-state index contributed by atoms with van der Waals surface area (Å²) in [4.78, 5) is 17.2. The number of aromatic nitrogens is 2. The predicted molar refractivity (Wildman–Crippen MR) is 52.6 cm³/mol. The van der Waals surface area contributed by atoms with Crippen LogP contribution in [0.2, 0.25) is 5.15 Å². The molecule has 1 atom stereocenters. The number of H-pyrrole nitrogens is 1. The van der Waals surface area contributed by atoms with E-state index in [1.807, 2.05) is 6.92 Å². The zero-order valence-electron chi connectivity index (χ0n) is 7.18. The van der Waals surface area contributed by atoms with Gasteiger partial charge in [0, 0.05) is 11.8 Å². The fourth-order valence-corrected chi connectivity index (χ4v) is 1.28. The van der Waals surface area contributed by atoms with Gasteiger partial charge in [0.15, 0.2) is 6.29 Å². The highest BCUT2D eigenvalue weighted by Gasteiger charge is 2.10. The average molecular weight is 221 g/mol. The molecule has 0 aliphatic carbocycles. The van der Waals surface area contributed by atoms with Gasteiger partial charge in [0.05, 0.1) is 0 Å². The zero-order chi connectivity index (χ0) is 9.84. The van der Waals surface area contributed by atoms with E-state index in [0.717, 1.165) is 6.42 Å². The molecule has 1 unspecified atom stereocenters. The van der Waals surface area contributed by atoms with Crippen molar-refractivity contribution in [3.8, 4) is 0 Å². The lowest BCUT2D eigenvalue weighted by atomic mass is 10.2. The van der Waals surface area contributed by atoms with Crippen LogP contribution in [0.5, 0.6) is 0 Å². The summed E-state index contributed by atoms with van der Waals surface area (Å²) in [5.74, 6) is 0.661. The smallest absolute Gasteiger partial charge is 0.171 e. The van der Waals surface area contributed by atoms with Crippen LogP contribution in [-0.2, 0) is 6.42 Å². The van der Waals surface area contributed by atoms with Crippen LogP contribution < -0.4 is 0 Å². The number of imidazole rings is 1. The third kappa shape index (κ3) is 2.71. The summed E-state index contributed by atoms with van der Waals surface area (Å²) in [5, 5.41) is 0.312. The maximum atomic E-state index is 10.4. The van der Waals surface area contributed by atoms with Crippen molar-refractivity contribution in [1.29, 1.82) is 0 Å². The Bertz CT molecular complexity index is 298. The summed E-state index contributed by atoms with van der Waals surface area (Å²) in [6, 6.07) is 0. The highest BCUT2D eigenvalue weighted by Crippen LogP contribution is 2.14. The number of hydrogen-bond donors (Lipinski definition) is 1. The first-order valence-electron chi connectivity index (χ1n) is 4.01. The van der Waals surface area contributed by atoms with Crippen molar-refractivity contribution in [2.24, 2.45) is 0 Å². The van der Waals surface area contributed by atoms with Crippen LogP contribution in [0.4, 0.5) is 0 Å². The molecule has 13 heavy (non-hydrogen) atoms. The molecule has 1 aromatic heterocycles. The van der Waals surface area contributed by atoms with Crippen LogP contribution in [0, 0.1) is 0 Å². The molecular formula is C8H10Cl2N2O. The molecule has 0 amide bonds. The van der Waals surface area contributed by atoms with Gasteiger partial charge in [-0.15, -0.1) is 11.6 Å². The van der Waals surface area contributed by atoms with E-state index >= 15 is 0 Å². The van der Waals surface area contributed by atoms with Gasteiger partial charge in [-0.3, -0.25) is 4.79 Å². The molecule has 0 saturated carbocycles. The number of aromatic amines is 1. The van der Waals surface area contributed by atoms with Gasteiger partial charge >= 0.3 is 0 Å². The van der Waals surface area contributed by atoms with Crippen LogP contribution in [0.3, 0.4) is 0 Å². The Balaban J connectivity index is 2.73. The van der Waals surface area contributed by atoms with Crippen molar-refractivity contribution < 1.29 is 4.79 Å². The van der Waals surface area contributed by atoms with Crippen molar-refractivity contribution in [1.82, 2.24) is 9.97 Å². The Kier molecular flexibility index (Phi) is 3.75. The van der Waals surface area contributed by atoms with E-state index in [1.54, 1.807) is 0 Å². The topological polar surface area (TPSA) is 45.8 Å². The Hall–Kier alpha value is -0.540. The van der Waals surface area contributed by atoms with Crippen molar-refractivity contribution in [3.05, 3.63) is 16.7 Å². The van der Waals surface area contributed by atoms with Crippen LogP contribution in [-0.4, -0.2) is 21.6 Å². The molecular weight excluding hydrogens is 211 g/mol. The largest absolute Gasteiger partial charge is 0.332 e. The van der Waals surface area contributed by atoms with Gasteiger partial charge in [-0.1, -0.05) is 18.5 Å². The summed E-state index contributed by atoms with van der Waals surface area (Å²) in [7, 11) is 0. The standard InChI is InChI=1S/C8H10Cl2N2O/c1-2-5(9)3-7-11-6(4-13)8(10)12-7/h4-5H,2-3H2,1H3,(H,11,12). The number of nitrogens with one attached hydrogen (secondary N) is 1. The second-order valence-corrected chi connectivity index (χ2v) is 3.71. The number of nitrogens with zero attached hydrogens (tertiary/aromatic N) is 1. The molecule has 72 valence electrons. The maximum Gasteiger partial charge on any atom is 0.171 e. The zero-order valence-corrected chi connectivity index (χ0v) is 8.69. The minimum Gasteiger partial charge on any atom is -0.332 e. The van der Waals surface area contributed by atoms with Crippen LogP contribution >= 0.6 is 23.2 Å². The van der Waals surface area contributed by atoms with Crippen LogP contribution in [0.25, 0.3) is 0 Å². The lowest BCUT2D eigenvalue weighted by Crippen LogP contribution is -2.02. The Morgan fingerprint density at radius 1 is 1.69 bits per heavy atom. The summed E-state index contributed by atoms with van der Waals surface area (Å²) in [6.07, 6.45) is 2.08. The fourth-order valence-electron chi connectivity index (χ4n) is 0.942. The molecule has 0 bridgehead atoms. The van der Waals surface area contributed by atoms with Gasteiger partial charge in [-0.25, -0.2) is 4.98 Å². The van der Waals surface area contributed by atoms with E-state index < -0.39 is 0 Å². The van der Waals surface area contributed by atoms with Crippen molar-refractivity contribution in [3.63, 3.8) is 0 Å². The summed E-state index contributed by atoms with van der Waals surface area (Å²) in [5.41, 5.74) is 0.247. The lowest BCUT2D eigenvalue weighted by molar-refractivity contribution is 0.111. The van der Waals surface area contributed by atoms with Crippen molar-refractivity contribution in [2.75, 3.05) is 0 Å². The summed E-state index contributed by atoms with van der Waals surface area (Å²) in [6.45, 7) is 1.99. The first-order chi connectivity index (χ1) is 6.17. The quantitative estimate of drug-likeness (QED) is 0.626. The number of carbonyl (C=O) groups is 1. The van der Waals surface area contributed by atoms with Gasteiger partial charge in [0.25, 0.3) is 0 Å². The first kappa shape index (κ1) is 10.5. The van der Waals surface area contributed by atoms with E-state index in [9.17, 15) is 4.79 Å². The van der Waals surface area contributed by atoms with Crippen molar-refractivity contribution in [2.45, 2.75) is 25.1 Å². The molecule has 0 aliphatic rings. The molecule has 5 heteroatoms. The van der Waals surface area contributed by atoms with Gasteiger partial charge in [-0.2, -0.15) is 0 Å². The highest BCUT2D eigenvalue weighted by molar-refractivity contribution is 6.31. The Morgan fingerprint density at radius 3 is 2.85 bits per heavy atom. The molecule has 0 fully saturated rings. The van der Waals surface area contributed by atoms with Gasteiger partial charge < -0.3 is 4.98 Å². The second kappa shape index (κ2) is 4.63. The monoisotopic (exact) mass is 220 g/mol. The first-order valence-corrected chi connectivity index (χ1v) is 4.82. The van der Waals surface area contributed by atoms with E-state index in [1.165, 1.54) is 0 Å². The minimum atomic E-state index is 0.0294. The molecule has 0 spiro atoms. The Labute approximate surface area is 86.5 Å². The van der Waals surface area contributed by atoms with Gasteiger partial charge in [-0.05, 0) is 6.42 Å². The second-order valence-electron chi connectivity index (χ2n) is 2.71. The molecule has 0 saturated heterocycles. The molecule has 1 heterocycles. The van der Waals surface area contributed by atoms with E-state index in [0.29, 0.717) is 18.5 Å². The molecule has 1 N–H and O–H groups in total. The van der Waals surface area contributed by atoms with Crippen LogP contribution in [0.1, 0.15) is 29.7 Å². The molecule has 3 nitrogen and oxygen atoms in total. The highest BCUT2D eigenvalue weighted by atomic mass is 35.5. The number of hydrogen-bond acceptors (Lipinski definition) is 2. The lowest BCUT2D eigenvalue weighted by Gasteiger charge is -2.01. The normalized spacial score (nSPS) is 12.8. The third-order valence-electron chi connectivity index (χ3n) is 1.70. The maximum absolute atomic E-state index is 10.4. The molecule has 0 radical (unpaired) electrons. The molecule has 0 aromatic carbocycles. The van der Waals surface area contributed by atoms with Gasteiger partial charge in [0.1, 0.15) is 16.7 Å². The number of aldehydes is 1. The van der Waals surface area contributed by atoms with Crippen LogP contribution in [0.15, 0.2) is 0 Å². The fraction of sp³-hybridized carbons (Fsp3) is 0.500. The Morgan fingerprint density at radius 2 is 2.38 bits per heavy atom. The average Bonchev–Trinajstić information content (AvgIpc) is 2.46. The van der Waals surface area contributed by atoms with Gasteiger partial charge in [0.2, 0.25) is 0 Å². The minimum absolute atomic E-state index is 0.0294. The molecule has 1 aromatic rings. The van der Waals surface area contributed by atoms with E-state index in [4.69, 9.17) is 23.2 Å². The SMILES string of the molecule is CCC(Cl)Cc1nc(C=O)c(Cl)[nH]1. The number of carbonyl (C=O) groups excluding carboxylic acids is 1. The van der Waals surface area contributed by atoms with E-state index in [2.05, 4.69) is 9.97 Å². The van der Waals surface area contributed by atoms with Crippen molar-refractivity contribution >= 4 is 29.5 Å². The molecule has 0 aliphatic heterocycles.